The second-order valence-electron chi connectivity index (χ2n) is 3.04. The Morgan fingerprint density at radius 3 is 3.07 bits per heavy atom. The fraction of sp³-hybridized carbons (Fsp3) is 0.600. The van der Waals surface area contributed by atoms with E-state index in [9.17, 15) is 0 Å². The summed E-state index contributed by atoms with van der Waals surface area (Å²) in [5.74, 6) is 2.99. The van der Waals surface area contributed by atoms with Gasteiger partial charge in [0.15, 0.2) is 0 Å². The molecular weight excluding hydrogens is 198 g/mol. The van der Waals surface area contributed by atoms with Crippen LogP contribution in [0.15, 0.2) is 22.8 Å². The molecule has 0 fully saturated rings. The van der Waals surface area contributed by atoms with Crippen molar-refractivity contribution in [2.45, 2.75) is 11.8 Å². The van der Waals surface area contributed by atoms with Gasteiger partial charge in [-0.05, 0) is 19.2 Å². The maximum atomic E-state index is 5.24. The lowest BCUT2D eigenvalue weighted by Crippen LogP contribution is -2.32. The van der Waals surface area contributed by atoms with Crippen LogP contribution in [-0.4, -0.2) is 32.6 Å². The molecule has 3 nitrogen and oxygen atoms in total. The highest BCUT2D eigenvalue weighted by molar-refractivity contribution is 7.98. The summed E-state index contributed by atoms with van der Waals surface area (Å²) in [6, 6.07) is 4.33. The number of ether oxygens (including phenoxy) is 1. The van der Waals surface area contributed by atoms with Crippen LogP contribution in [0.1, 0.15) is 5.76 Å². The maximum absolute atomic E-state index is 5.24. The smallest absolute Gasteiger partial charge is 0.113 e. The van der Waals surface area contributed by atoms with E-state index in [2.05, 4.69) is 5.32 Å². The topological polar surface area (TPSA) is 34.4 Å². The molecule has 0 aromatic carbocycles. The zero-order chi connectivity index (χ0) is 10.2. The Kier molecular flexibility index (Phi) is 5.75. The molecule has 1 N–H and O–H groups in total. The van der Waals surface area contributed by atoms with Crippen molar-refractivity contribution in [3.63, 3.8) is 0 Å². The van der Waals surface area contributed by atoms with E-state index in [-0.39, 0.29) is 0 Å². The number of nitrogens with one attached hydrogen (secondary N) is 1. The van der Waals surface area contributed by atoms with Crippen LogP contribution >= 0.6 is 11.8 Å². The third-order valence-electron chi connectivity index (χ3n) is 1.92. The minimum absolute atomic E-state index is 0.417. The highest BCUT2D eigenvalue weighted by Gasteiger charge is 2.05. The quantitative estimate of drug-likeness (QED) is 0.751. The second kappa shape index (κ2) is 6.92. The SMILES string of the molecule is CNC(COC)CSCc1ccco1. The van der Waals surface area contributed by atoms with E-state index in [0.29, 0.717) is 6.04 Å². The number of rotatable bonds is 7. The van der Waals surface area contributed by atoms with Crippen LogP contribution in [0.3, 0.4) is 0 Å². The summed E-state index contributed by atoms with van der Waals surface area (Å²) >= 11 is 1.85. The highest BCUT2D eigenvalue weighted by Crippen LogP contribution is 2.13. The monoisotopic (exact) mass is 215 g/mol. The van der Waals surface area contributed by atoms with Gasteiger partial charge in [-0.25, -0.2) is 0 Å². The van der Waals surface area contributed by atoms with Gasteiger partial charge in [-0.3, -0.25) is 0 Å². The first-order chi connectivity index (χ1) is 6.86. The Morgan fingerprint density at radius 2 is 2.50 bits per heavy atom. The zero-order valence-corrected chi connectivity index (χ0v) is 9.47. The van der Waals surface area contributed by atoms with Gasteiger partial charge in [0.25, 0.3) is 0 Å². The number of hydrogen-bond acceptors (Lipinski definition) is 4. The Morgan fingerprint density at radius 1 is 1.64 bits per heavy atom. The molecule has 0 spiro atoms. The predicted octanol–water partition coefficient (Wildman–Crippen LogP) is 1.75. The van der Waals surface area contributed by atoms with Gasteiger partial charge in [0, 0.05) is 18.9 Å². The first-order valence-electron chi connectivity index (χ1n) is 4.63. The largest absolute Gasteiger partial charge is 0.468 e. The van der Waals surface area contributed by atoms with Gasteiger partial charge in [0.05, 0.1) is 18.6 Å². The Labute approximate surface area is 89.2 Å². The van der Waals surface area contributed by atoms with Gasteiger partial charge in [0.1, 0.15) is 5.76 Å². The number of likely N-dealkylation sites (N-methyl/N-ethyl adjacent to an activating group) is 1. The molecule has 0 aliphatic carbocycles. The van der Waals surface area contributed by atoms with Gasteiger partial charge >= 0.3 is 0 Å². The molecule has 1 rings (SSSR count). The van der Waals surface area contributed by atoms with Gasteiger partial charge in [0.2, 0.25) is 0 Å². The molecule has 1 aromatic heterocycles. The lowest BCUT2D eigenvalue weighted by atomic mass is 10.4. The van der Waals surface area contributed by atoms with Crippen LogP contribution < -0.4 is 5.32 Å². The van der Waals surface area contributed by atoms with Crippen LogP contribution in [0.5, 0.6) is 0 Å². The number of hydrogen-bond donors (Lipinski definition) is 1. The van der Waals surface area contributed by atoms with Gasteiger partial charge < -0.3 is 14.5 Å². The standard InChI is InChI=1S/C10H17NO2S/c1-11-9(6-12-2)7-14-8-10-4-3-5-13-10/h3-5,9,11H,6-8H2,1-2H3. The molecule has 0 amide bonds. The molecular formula is C10H17NO2S. The average molecular weight is 215 g/mol. The molecule has 1 heterocycles. The molecule has 1 aromatic rings. The molecule has 0 aliphatic heterocycles. The van der Waals surface area contributed by atoms with Crippen LogP contribution in [0, 0.1) is 0 Å². The summed E-state index contributed by atoms with van der Waals surface area (Å²) in [5.41, 5.74) is 0. The van der Waals surface area contributed by atoms with Crippen molar-refractivity contribution >= 4 is 11.8 Å². The number of thioether (sulfide) groups is 1. The van der Waals surface area contributed by atoms with Crippen molar-refractivity contribution < 1.29 is 9.15 Å². The summed E-state index contributed by atoms with van der Waals surface area (Å²) in [7, 11) is 3.68. The van der Waals surface area contributed by atoms with E-state index in [0.717, 1.165) is 23.9 Å². The second-order valence-corrected chi connectivity index (χ2v) is 4.07. The molecule has 4 heteroatoms. The lowest BCUT2D eigenvalue weighted by molar-refractivity contribution is 0.177. The third kappa shape index (κ3) is 4.17. The molecule has 1 atom stereocenters. The summed E-state index contributed by atoms with van der Waals surface area (Å²) in [6.45, 7) is 0.752. The summed E-state index contributed by atoms with van der Waals surface area (Å²) in [5, 5.41) is 3.21. The van der Waals surface area contributed by atoms with E-state index >= 15 is 0 Å². The first-order valence-corrected chi connectivity index (χ1v) is 5.78. The van der Waals surface area contributed by atoms with Crippen LogP contribution in [0.25, 0.3) is 0 Å². The third-order valence-corrected chi connectivity index (χ3v) is 3.05. The normalized spacial score (nSPS) is 13.0. The zero-order valence-electron chi connectivity index (χ0n) is 8.66. The van der Waals surface area contributed by atoms with E-state index in [4.69, 9.17) is 9.15 Å². The minimum atomic E-state index is 0.417. The average Bonchev–Trinajstić information content (AvgIpc) is 2.69. The van der Waals surface area contributed by atoms with Crippen molar-refractivity contribution in [2.75, 3.05) is 26.5 Å². The van der Waals surface area contributed by atoms with Crippen molar-refractivity contribution in [3.8, 4) is 0 Å². The molecule has 80 valence electrons. The first kappa shape index (κ1) is 11.6. The fourth-order valence-corrected chi connectivity index (χ4v) is 2.14. The summed E-state index contributed by atoms with van der Waals surface area (Å²) in [6.07, 6.45) is 1.71. The number of furan rings is 1. The summed E-state index contributed by atoms with van der Waals surface area (Å²) in [4.78, 5) is 0. The van der Waals surface area contributed by atoms with Crippen molar-refractivity contribution in [1.82, 2.24) is 5.32 Å². The Hall–Kier alpha value is -0.450. The molecule has 0 saturated heterocycles. The van der Waals surface area contributed by atoms with Crippen molar-refractivity contribution in [2.24, 2.45) is 0 Å². The summed E-state index contributed by atoms with van der Waals surface area (Å²) < 4.78 is 10.3. The van der Waals surface area contributed by atoms with Crippen LogP contribution in [0.2, 0.25) is 0 Å². The Balaban J connectivity index is 2.13. The minimum Gasteiger partial charge on any atom is -0.468 e. The van der Waals surface area contributed by atoms with E-state index in [1.165, 1.54) is 0 Å². The lowest BCUT2D eigenvalue weighted by Gasteiger charge is -2.13. The van der Waals surface area contributed by atoms with E-state index < -0.39 is 0 Å². The predicted molar refractivity (Wildman–Crippen MR) is 59.6 cm³/mol. The van der Waals surface area contributed by atoms with Crippen molar-refractivity contribution in [1.29, 1.82) is 0 Å². The van der Waals surface area contributed by atoms with Crippen LogP contribution in [-0.2, 0) is 10.5 Å². The molecule has 1 unspecified atom stereocenters. The maximum Gasteiger partial charge on any atom is 0.113 e. The van der Waals surface area contributed by atoms with E-state index in [1.807, 2.05) is 30.9 Å². The molecule has 0 saturated carbocycles. The van der Waals surface area contributed by atoms with E-state index in [1.54, 1.807) is 13.4 Å². The molecule has 0 aliphatic rings. The molecule has 14 heavy (non-hydrogen) atoms. The molecule has 0 radical (unpaired) electrons. The fourth-order valence-electron chi connectivity index (χ4n) is 1.11. The Bertz CT molecular complexity index is 226. The van der Waals surface area contributed by atoms with Crippen molar-refractivity contribution in [3.05, 3.63) is 24.2 Å². The van der Waals surface area contributed by atoms with Gasteiger partial charge in [-0.1, -0.05) is 0 Å². The van der Waals surface area contributed by atoms with Gasteiger partial charge in [-0.15, -0.1) is 0 Å². The number of methoxy groups -OCH3 is 1. The molecule has 0 bridgehead atoms. The van der Waals surface area contributed by atoms with Gasteiger partial charge in [-0.2, -0.15) is 11.8 Å². The highest BCUT2D eigenvalue weighted by atomic mass is 32.2. The van der Waals surface area contributed by atoms with Crippen LogP contribution in [0.4, 0.5) is 0 Å².